The molecule has 0 aliphatic rings. The summed E-state index contributed by atoms with van der Waals surface area (Å²) in [4.78, 5) is 0. The molecule has 0 aromatic rings. The lowest BCUT2D eigenvalue weighted by Crippen LogP contribution is -1.63. The summed E-state index contributed by atoms with van der Waals surface area (Å²) in [7, 11) is 0. The van der Waals surface area contributed by atoms with E-state index in [0.717, 1.165) is 0 Å². The van der Waals surface area contributed by atoms with Crippen LogP contribution >= 0.6 is 0 Å². The van der Waals surface area contributed by atoms with Gasteiger partial charge in [-0.3, -0.25) is 0 Å². The standard InChI is InChI=1S/C4H5O/c1-3-5-4-2/h1,4H,2H3. The van der Waals surface area contributed by atoms with E-state index in [0.29, 0.717) is 0 Å². The van der Waals surface area contributed by atoms with Crippen LogP contribution in [0.3, 0.4) is 0 Å². The minimum absolute atomic E-state index is 1.44. The second kappa shape index (κ2) is 3.36. The largest absolute Gasteiger partial charge is 0.440 e. The summed E-state index contributed by atoms with van der Waals surface area (Å²) < 4.78 is 4.24. The summed E-state index contributed by atoms with van der Waals surface area (Å²) in [5.74, 6) is 0. The maximum Gasteiger partial charge on any atom is 0.145 e. The first-order valence-electron chi connectivity index (χ1n) is 1.31. The van der Waals surface area contributed by atoms with Crippen molar-refractivity contribution in [2.45, 2.75) is 6.92 Å². The van der Waals surface area contributed by atoms with Gasteiger partial charge in [0.25, 0.3) is 0 Å². The highest BCUT2D eigenvalue weighted by Gasteiger charge is 1.58. The van der Waals surface area contributed by atoms with Crippen molar-refractivity contribution in [3.8, 4) is 12.5 Å². The van der Waals surface area contributed by atoms with E-state index < -0.39 is 0 Å². The van der Waals surface area contributed by atoms with Gasteiger partial charge in [0.1, 0.15) is 12.7 Å². The lowest BCUT2D eigenvalue weighted by Gasteiger charge is -1.77. The van der Waals surface area contributed by atoms with E-state index in [9.17, 15) is 0 Å². The van der Waals surface area contributed by atoms with Gasteiger partial charge in [-0.25, -0.2) is 0 Å². The van der Waals surface area contributed by atoms with Crippen LogP contribution in [0, 0.1) is 19.1 Å². The molecular weight excluding hydrogens is 64.0 g/mol. The minimum atomic E-state index is 1.44. The van der Waals surface area contributed by atoms with Crippen molar-refractivity contribution in [2.24, 2.45) is 0 Å². The van der Waals surface area contributed by atoms with Gasteiger partial charge in [-0.1, -0.05) is 6.42 Å². The highest BCUT2D eigenvalue weighted by Crippen LogP contribution is 1.68. The molecule has 0 rings (SSSR count). The van der Waals surface area contributed by atoms with Crippen molar-refractivity contribution < 1.29 is 4.74 Å². The molecule has 1 heteroatoms. The van der Waals surface area contributed by atoms with Crippen LogP contribution in [0.5, 0.6) is 0 Å². The third-order valence-corrected chi connectivity index (χ3v) is 0.186. The van der Waals surface area contributed by atoms with Crippen molar-refractivity contribution in [1.29, 1.82) is 0 Å². The monoisotopic (exact) mass is 69.0 g/mol. The molecule has 0 aromatic heterocycles. The quantitative estimate of drug-likeness (QED) is 0.413. The van der Waals surface area contributed by atoms with Crippen molar-refractivity contribution in [3.05, 3.63) is 6.61 Å². The van der Waals surface area contributed by atoms with E-state index in [1.165, 1.54) is 6.61 Å². The molecule has 0 amide bonds. The Morgan fingerprint density at radius 2 is 2.60 bits per heavy atom. The Bertz CT molecular complexity index is 42.1. The summed E-state index contributed by atoms with van der Waals surface area (Å²) in [5.41, 5.74) is 0. The lowest BCUT2D eigenvalue weighted by molar-refractivity contribution is 0.376. The molecule has 0 saturated heterocycles. The van der Waals surface area contributed by atoms with Gasteiger partial charge in [-0.2, -0.15) is 0 Å². The van der Waals surface area contributed by atoms with Crippen LogP contribution < -0.4 is 0 Å². The van der Waals surface area contributed by atoms with Gasteiger partial charge in [0.15, 0.2) is 0 Å². The van der Waals surface area contributed by atoms with Gasteiger partial charge >= 0.3 is 0 Å². The van der Waals surface area contributed by atoms with Gasteiger partial charge in [0.05, 0.1) is 0 Å². The molecule has 5 heavy (non-hydrogen) atoms. The van der Waals surface area contributed by atoms with E-state index in [-0.39, 0.29) is 0 Å². The SMILES string of the molecule is C#CO[CH]C. The number of ether oxygens (including phenoxy) is 1. The summed E-state index contributed by atoms with van der Waals surface area (Å²) in [6.07, 6.45) is 6.60. The van der Waals surface area contributed by atoms with E-state index in [2.05, 4.69) is 11.2 Å². The molecule has 0 unspecified atom stereocenters. The summed E-state index contributed by atoms with van der Waals surface area (Å²) >= 11 is 0. The summed E-state index contributed by atoms with van der Waals surface area (Å²) in [6, 6.07) is 0. The molecule has 0 saturated carbocycles. The van der Waals surface area contributed by atoms with E-state index >= 15 is 0 Å². The molecule has 1 nitrogen and oxygen atoms in total. The number of hydrogen-bond donors (Lipinski definition) is 0. The predicted octanol–water partition coefficient (Wildman–Crippen LogP) is 0.775. The highest BCUT2D eigenvalue weighted by molar-refractivity contribution is 4.69. The number of hydrogen-bond acceptors (Lipinski definition) is 1. The normalized spacial score (nSPS) is 5.60. The fourth-order valence-electron chi connectivity index (χ4n) is 0.0680. The van der Waals surface area contributed by atoms with Gasteiger partial charge in [0, 0.05) is 0 Å². The first-order chi connectivity index (χ1) is 2.41. The molecule has 0 bridgehead atoms. The molecule has 0 aliphatic heterocycles. The second-order valence-electron chi connectivity index (χ2n) is 0.471. The Labute approximate surface area is 31.9 Å². The molecule has 1 radical (unpaired) electrons. The fraction of sp³-hybridized carbons (Fsp3) is 0.250. The van der Waals surface area contributed by atoms with E-state index in [1.807, 2.05) is 6.11 Å². The molecule has 0 heterocycles. The molecule has 0 aromatic carbocycles. The van der Waals surface area contributed by atoms with Crippen LogP contribution in [0.1, 0.15) is 6.92 Å². The van der Waals surface area contributed by atoms with Crippen molar-refractivity contribution in [1.82, 2.24) is 0 Å². The first-order valence-corrected chi connectivity index (χ1v) is 1.31. The molecule has 0 aliphatic carbocycles. The number of rotatable bonds is 1. The maximum atomic E-state index is 4.64. The van der Waals surface area contributed by atoms with Gasteiger partial charge < -0.3 is 4.74 Å². The maximum absolute atomic E-state index is 4.64. The first kappa shape index (κ1) is 4.36. The Morgan fingerprint density at radius 3 is 2.60 bits per heavy atom. The van der Waals surface area contributed by atoms with Crippen LogP contribution in [-0.2, 0) is 4.74 Å². The molecule has 27 valence electrons. The average molecular weight is 69.1 g/mol. The zero-order valence-corrected chi connectivity index (χ0v) is 3.06. The fourth-order valence-corrected chi connectivity index (χ4v) is 0.0680. The highest BCUT2D eigenvalue weighted by atomic mass is 16.5. The van der Waals surface area contributed by atoms with Crippen molar-refractivity contribution in [3.63, 3.8) is 0 Å². The van der Waals surface area contributed by atoms with Crippen LogP contribution in [-0.4, -0.2) is 0 Å². The average Bonchev–Trinajstić information content (AvgIpc) is 1.41. The zero-order chi connectivity index (χ0) is 4.12. The molecule has 0 spiro atoms. The molecule has 0 N–H and O–H groups in total. The van der Waals surface area contributed by atoms with Crippen LogP contribution in [0.2, 0.25) is 0 Å². The van der Waals surface area contributed by atoms with Gasteiger partial charge in [-0.05, 0) is 6.92 Å². The van der Waals surface area contributed by atoms with Crippen LogP contribution in [0.15, 0.2) is 0 Å². The van der Waals surface area contributed by atoms with Crippen molar-refractivity contribution in [2.75, 3.05) is 0 Å². The second-order valence-corrected chi connectivity index (χ2v) is 0.471. The van der Waals surface area contributed by atoms with Crippen LogP contribution in [0.25, 0.3) is 0 Å². The van der Waals surface area contributed by atoms with Crippen LogP contribution in [0.4, 0.5) is 0 Å². The van der Waals surface area contributed by atoms with E-state index in [4.69, 9.17) is 0 Å². The molecule has 0 atom stereocenters. The Hall–Kier alpha value is -0.640. The summed E-state index contributed by atoms with van der Waals surface area (Å²) in [6.45, 7) is 3.17. The molecule has 0 fully saturated rings. The van der Waals surface area contributed by atoms with Crippen molar-refractivity contribution >= 4 is 0 Å². The topological polar surface area (TPSA) is 9.23 Å². The lowest BCUT2D eigenvalue weighted by atomic mass is 10.9. The summed E-state index contributed by atoms with van der Waals surface area (Å²) in [5, 5.41) is 0. The Balaban J connectivity index is 2.48. The Morgan fingerprint density at radius 1 is 2.00 bits per heavy atom. The smallest absolute Gasteiger partial charge is 0.145 e. The Kier molecular flexibility index (Phi) is 2.93. The van der Waals surface area contributed by atoms with E-state index in [1.54, 1.807) is 6.92 Å². The van der Waals surface area contributed by atoms with Gasteiger partial charge in [-0.15, -0.1) is 0 Å². The third-order valence-electron chi connectivity index (χ3n) is 0.186. The minimum Gasteiger partial charge on any atom is -0.440 e. The van der Waals surface area contributed by atoms with Gasteiger partial charge in [0.2, 0.25) is 0 Å². The third kappa shape index (κ3) is 3.36. The molecular formula is C4H5O. The predicted molar refractivity (Wildman–Crippen MR) is 19.9 cm³/mol. The number of terminal acetylenes is 1. The zero-order valence-electron chi connectivity index (χ0n) is 3.06.